The molecule has 0 amide bonds. The van der Waals surface area contributed by atoms with E-state index in [-0.39, 0.29) is 17.4 Å². The first kappa shape index (κ1) is 21.1. The zero-order valence-corrected chi connectivity index (χ0v) is 17.3. The molecule has 1 aromatic heterocycles. The van der Waals surface area contributed by atoms with Gasteiger partial charge in [0.15, 0.2) is 0 Å². The lowest BCUT2D eigenvalue weighted by atomic mass is 9.98. The smallest absolute Gasteiger partial charge is 0.238 e. The number of primary sulfonamides is 1. The summed E-state index contributed by atoms with van der Waals surface area (Å²) in [6.45, 7) is -0.318. The van der Waals surface area contributed by atoms with Gasteiger partial charge in [0.1, 0.15) is 5.75 Å². The average molecular weight is 435 g/mol. The largest absolute Gasteiger partial charge is 0.497 e. The number of methoxy groups -OCH3 is 2. The van der Waals surface area contributed by atoms with Crippen LogP contribution in [0.15, 0.2) is 53.4 Å². The Morgan fingerprint density at radius 2 is 1.72 bits per heavy atom. The molecule has 152 valence electrons. The number of pyridine rings is 1. The number of nitrogens with zero attached hydrogens (tertiary/aromatic N) is 1. The van der Waals surface area contributed by atoms with Gasteiger partial charge in [-0.25, -0.2) is 18.5 Å². The van der Waals surface area contributed by atoms with E-state index in [1.54, 1.807) is 36.4 Å². The highest BCUT2D eigenvalue weighted by Crippen LogP contribution is 2.36. The van der Waals surface area contributed by atoms with Crippen molar-refractivity contribution in [2.75, 3.05) is 14.2 Å². The summed E-state index contributed by atoms with van der Waals surface area (Å²) in [4.78, 5) is 4.47. The van der Waals surface area contributed by atoms with Gasteiger partial charge in [-0.1, -0.05) is 23.7 Å². The molecular weight excluding hydrogens is 416 g/mol. The van der Waals surface area contributed by atoms with Crippen molar-refractivity contribution in [1.29, 1.82) is 0 Å². The van der Waals surface area contributed by atoms with Crippen LogP contribution in [0.4, 0.5) is 0 Å². The van der Waals surface area contributed by atoms with Gasteiger partial charge in [0.25, 0.3) is 0 Å². The Morgan fingerprint density at radius 3 is 2.28 bits per heavy atom. The van der Waals surface area contributed by atoms with Gasteiger partial charge in [0.05, 0.1) is 31.4 Å². The molecule has 3 aromatic rings. The highest BCUT2D eigenvalue weighted by Gasteiger charge is 2.17. The molecule has 0 unspecified atom stereocenters. The molecule has 9 heteroatoms. The van der Waals surface area contributed by atoms with Gasteiger partial charge in [0, 0.05) is 16.1 Å². The lowest BCUT2D eigenvalue weighted by Gasteiger charge is -2.15. The van der Waals surface area contributed by atoms with Crippen LogP contribution in [-0.2, 0) is 16.6 Å². The summed E-state index contributed by atoms with van der Waals surface area (Å²) in [6, 6.07) is 13.0. The molecule has 7 nitrogen and oxygen atoms in total. The summed E-state index contributed by atoms with van der Waals surface area (Å²) < 4.78 is 33.7. The van der Waals surface area contributed by atoms with Crippen molar-refractivity contribution < 1.29 is 23.0 Å². The van der Waals surface area contributed by atoms with E-state index in [0.29, 0.717) is 38.7 Å². The predicted octanol–water partition coefficient (Wildman–Crippen LogP) is 3.23. The number of hydrogen-bond donors (Lipinski definition) is 2. The van der Waals surface area contributed by atoms with Gasteiger partial charge in [-0.15, -0.1) is 0 Å². The minimum atomic E-state index is -3.81. The second-order valence-corrected chi connectivity index (χ2v) is 8.15. The zero-order valence-electron chi connectivity index (χ0n) is 15.7. The van der Waals surface area contributed by atoms with Crippen molar-refractivity contribution in [3.63, 3.8) is 0 Å². The minimum Gasteiger partial charge on any atom is -0.497 e. The maximum atomic E-state index is 11.5. The highest BCUT2D eigenvalue weighted by atomic mass is 35.5. The van der Waals surface area contributed by atoms with E-state index in [0.717, 1.165) is 0 Å². The van der Waals surface area contributed by atoms with E-state index in [1.165, 1.54) is 26.4 Å². The van der Waals surface area contributed by atoms with E-state index in [2.05, 4.69) is 4.98 Å². The number of ether oxygens (including phenoxy) is 2. The van der Waals surface area contributed by atoms with Gasteiger partial charge >= 0.3 is 0 Å². The summed E-state index contributed by atoms with van der Waals surface area (Å²) in [5.74, 6) is 0.813. The topological polar surface area (TPSA) is 112 Å². The fourth-order valence-electron chi connectivity index (χ4n) is 2.93. The van der Waals surface area contributed by atoms with Crippen LogP contribution in [0.25, 0.3) is 22.4 Å². The molecule has 1 heterocycles. The molecule has 0 saturated carbocycles. The Balaban J connectivity index is 2.21. The molecular formula is C20H19ClN2O5S. The summed E-state index contributed by atoms with van der Waals surface area (Å²) in [5.41, 5.74) is 3.00. The Morgan fingerprint density at radius 1 is 1.03 bits per heavy atom. The molecule has 0 spiro atoms. The van der Waals surface area contributed by atoms with Crippen LogP contribution in [0.1, 0.15) is 5.56 Å². The fourth-order valence-corrected chi connectivity index (χ4v) is 3.67. The molecule has 0 saturated heterocycles. The number of aliphatic hydroxyl groups excluding tert-OH is 1. The molecule has 0 fully saturated rings. The molecule has 29 heavy (non-hydrogen) atoms. The van der Waals surface area contributed by atoms with Crippen molar-refractivity contribution in [1.82, 2.24) is 4.98 Å². The maximum absolute atomic E-state index is 11.5. The third-order valence-corrected chi connectivity index (χ3v) is 5.48. The highest BCUT2D eigenvalue weighted by molar-refractivity contribution is 7.89. The first-order valence-electron chi connectivity index (χ1n) is 8.43. The number of rotatable bonds is 6. The average Bonchev–Trinajstić information content (AvgIpc) is 2.71. The van der Waals surface area contributed by atoms with Crippen LogP contribution in [-0.4, -0.2) is 32.7 Å². The summed E-state index contributed by atoms with van der Waals surface area (Å²) in [5, 5.41) is 15.5. The van der Waals surface area contributed by atoms with Crippen molar-refractivity contribution >= 4 is 21.6 Å². The number of halogens is 1. The van der Waals surface area contributed by atoms with Gasteiger partial charge in [0.2, 0.25) is 15.9 Å². The Kier molecular flexibility index (Phi) is 6.09. The Hall–Kier alpha value is -2.65. The molecule has 2 aromatic carbocycles. The molecule has 0 aliphatic rings. The standard InChI is InChI=1S/C20H19ClN2O5S/c1-27-15-8-13(7-14(21)9-15)19-10-17(18(11-24)20(23-19)28-2)12-3-5-16(6-4-12)29(22,25)26/h3-10,24H,11H2,1-2H3,(H2,22,25,26). The Bertz CT molecular complexity index is 1150. The first-order chi connectivity index (χ1) is 13.8. The van der Waals surface area contributed by atoms with Crippen LogP contribution in [0.5, 0.6) is 11.6 Å². The molecule has 3 rings (SSSR count). The first-order valence-corrected chi connectivity index (χ1v) is 10.4. The second kappa shape index (κ2) is 8.38. The predicted molar refractivity (Wildman–Crippen MR) is 111 cm³/mol. The SMILES string of the molecule is COc1cc(Cl)cc(-c2cc(-c3ccc(S(N)(=O)=O)cc3)c(CO)c(OC)n2)c1. The Labute approximate surface area is 173 Å². The molecule has 0 radical (unpaired) electrons. The summed E-state index contributed by atoms with van der Waals surface area (Å²) in [7, 11) is -0.814. The normalized spacial score (nSPS) is 11.3. The van der Waals surface area contributed by atoms with Crippen LogP contribution in [0.2, 0.25) is 5.02 Å². The van der Waals surface area contributed by atoms with Crippen molar-refractivity contribution in [2.24, 2.45) is 5.14 Å². The molecule has 3 N–H and O–H groups in total. The third kappa shape index (κ3) is 4.51. The quantitative estimate of drug-likeness (QED) is 0.616. The van der Waals surface area contributed by atoms with Gasteiger partial charge in [-0.2, -0.15) is 0 Å². The van der Waals surface area contributed by atoms with E-state index < -0.39 is 10.0 Å². The zero-order chi connectivity index (χ0) is 21.2. The van der Waals surface area contributed by atoms with Crippen LogP contribution in [0, 0.1) is 0 Å². The fraction of sp³-hybridized carbons (Fsp3) is 0.150. The maximum Gasteiger partial charge on any atom is 0.238 e. The van der Waals surface area contributed by atoms with E-state index in [9.17, 15) is 13.5 Å². The molecule has 0 bridgehead atoms. The lowest BCUT2D eigenvalue weighted by molar-refractivity contribution is 0.272. The van der Waals surface area contributed by atoms with Crippen molar-refractivity contribution in [3.8, 4) is 34.0 Å². The number of aromatic nitrogens is 1. The second-order valence-electron chi connectivity index (χ2n) is 6.15. The number of aliphatic hydroxyl groups is 1. The van der Waals surface area contributed by atoms with E-state index in [4.69, 9.17) is 26.2 Å². The minimum absolute atomic E-state index is 0.00683. The number of nitrogens with two attached hydrogens (primary N) is 1. The number of benzene rings is 2. The number of sulfonamides is 1. The molecule has 0 aliphatic carbocycles. The lowest BCUT2D eigenvalue weighted by Crippen LogP contribution is -2.11. The van der Waals surface area contributed by atoms with Crippen molar-refractivity contribution in [2.45, 2.75) is 11.5 Å². The van der Waals surface area contributed by atoms with Crippen molar-refractivity contribution in [3.05, 3.63) is 59.1 Å². The van der Waals surface area contributed by atoms with Crippen LogP contribution < -0.4 is 14.6 Å². The monoisotopic (exact) mass is 434 g/mol. The van der Waals surface area contributed by atoms with E-state index >= 15 is 0 Å². The van der Waals surface area contributed by atoms with Crippen LogP contribution >= 0.6 is 11.6 Å². The van der Waals surface area contributed by atoms with Crippen LogP contribution in [0.3, 0.4) is 0 Å². The summed E-state index contributed by atoms with van der Waals surface area (Å²) >= 11 is 6.18. The van der Waals surface area contributed by atoms with E-state index in [1.807, 2.05) is 0 Å². The van der Waals surface area contributed by atoms with Gasteiger partial charge in [-0.3, -0.25) is 0 Å². The van der Waals surface area contributed by atoms with Gasteiger partial charge in [-0.05, 0) is 47.5 Å². The summed E-state index contributed by atoms with van der Waals surface area (Å²) in [6.07, 6.45) is 0. The molecule has 0 atom stereocenters. The van der Waals surface area contributed by atoms with Gasteiger partial charge < -0.3 is 14.6 Å². The molecule has 0 aliphatic heterocycles. The third-order valence-electron chi connectivity index (χ3n) is 4.33. The number of hydrogen-bond acceptors (Lipinski definition) is 6.